The molecule has 0 bridgehead atoms. The van der Waals surface area contributed by atoms with Gasteiger partial charge in [-0.25, -0.2) is 9.59 Å². The van der Waals surface area contributed by atoms with E-state index in [0.29, 0.717) is 23.7 Å². The van der Waals surface area contributed by atoms with Gasteiger partial charge in [-0.15, -0.1) is 0 Å². The van der Waals surface area contributed by atoms with E-state index < -0.39 is 12.0 Å². The zero-order valence-corrected chi connectivity index (χ0v) is 12.5. The Labute approximate surface area is 128 Å². The molecule has 21 heavy (non-hydrogen) atoms. The first kappa shape index (κ1) is 15.6. The highest BCUT2D eigenvalue weighted by Crippen LogP contribution is 2.23. The van der Waals surface area contributed by atoms with Gasteiger partial charge in [-0.1, -0.05) is 42.6 Å². The van der Waals surface area contributed by atoms with Crippen molar-refractivity contribution in [1.29, 1.82) is 0 Å². The van der Waals surface area contributed by atoms with Crippen LogP contribution in [0.4, 0.5) is 4.79 Å². The van der Waals surface area contributed by atoms with Gasteiger partial charge < -0.3 is 15.3 Å². The number of aliphatic carboxylic acids is 1. The molecule has 1 aliphatic rings. The summed E-state index contributed by atoms with van der Waals surface area (Å²) in [6.07, 6.45) is 4.13. The first-order chi connectivity index (χ1) is 10.1. The smallest absolute Gasteiger partial charge is 0.331 e. The lowest BCUT2D eigenvalue weighted by atomic mass is 10.1. The molecule has 6 heteroatoms. The third-order valence-corrected chi connectivity index (χ3v) is 3.97. The van der Waals surface area contributed by atoms with Crippen LogP contribution in [0.5, 0.6) is 0 Å². The third kappa shape index (κ3) is 4.11. The lowest BCUT2D eigenvalue weighted by Gasteiger charge is -2.24. The number of carbonyl (C=O) groups is 2. The van der Waals surface area contributed by atoms with E-state index in [1.165, 1.54) is 0 Å². The molecule has 0 unspecified atom stereocenters. The van der Waals surface area contributed by atoms with Gasteiger partial charge in [-0.2, -0.15) is 0 Å². The Morgan fingerprint density at radius 1 is 1.14 bits per heavy atom. The van der Waals surface area contributed by atoms with Gasteiger partial charge in [0.1, 0.15) is 0 Å². The molecule has 114 valence electrons. The summed E-state index contributed by atoms with van der Waals surface area (Å²) in [6, 6.07) is 5.18. The number of benzene rings is 1. The summed E-state index contributed by atoms with van der Waals surface area (Å²) in [5, 5.41) is 12.3. The highest BCUT2D eigenvalue weighted by Gasteiger charge is 2.26. The van der Waals surface area contributed by atoms with Gasteiger partial charge in [-0.05, 0) is 18.9 Å². The van der Waals surface area contributed by atoms with E-state index >= 15 is 0 Å². The quantitative estimate of drug-likeness (QED) is 0.901. The Hall–Kier alpha value is -1.75. The van der Waals surface area contributed by atoms with E-state index in [2.05, 4.69) is 5.32 Å². The fourth-order valence-electron chi connectivity index (χ4n) is 2.47. The number of nitrogens with zero attached hydrogens (tertiary/aromatic N) is 1. The molecule has 2 rings (SSSR count). The van der Waals surface area contributed by atoms with Crippen molar-refractivity contribution < 1.29 is 14.7 Å². The molecule has 1 fully saturated rings. The molecule has 2 N–H and O–H groups in total. The number of urea groups is 1. The Balaban J connectivity index is 2.11. The predicted molar refractivity (Wildman–Crippen MR) is 80.4 cm³/mol. The molecule has 2 amide bonds. The minimum Gasteiger partial charge on any atom is -0.479 e. The monoisotopic (exact) mass is 310 g/mol. The van der Waals surface area contributed by atoms with E-state index in [-0.39, 0.29) is 6.03 Å². The molecule has 0 saturated carbocycles. The van der Waals surface area contributed by atoms with Gasteiger partial charge in [0.25, 0.3) is 0 Å². The maximum absolute atomic E-state index is 12.3. The molecule has 1 aromatic carbocycles. The summed E-state index contributed by atoms with van der Waals surface area (Å²) >= 11 is 6.03. The van der Waals surface area contributed by atoms with E-state index in [1.807, 2.05) is 0 Å². The summed E-state index contributed by atoms with van der Waals surface area (Å²) in [5.41, 5.74) is 0.398. The number of rotatable bonds is 3. The topological polar surface area (TPSA) is 69.6 Å². The fraction of sp³-hybridized carbons (Fsp3) is 0.467. The largest absolute Gasteiger partial charge is 0.479 e. The van der Waals surface area contributed by atoms with Crippen molar-refractivity contribution >= 4 is 23.6 Å². The number of hydrogen-bond acceptors (Lipinski definition) is 2. The number of hydrogen-bond donors (Lipinski definition) is 2. The molecule has 1 aliphatic heterocycles. The molecular formula is C15H19ClN2O3. The van der Waals surface area contributed by atoms with Crippen LogP contribution in [0.2, 0.25) is 5.02 Å². The molecule has 1 heterocycles. The Morgan fingerprint density at radius 2 is 1.76 bits per heavy atom. The number of carboxylic acids is 1. The van der Waals surface area contributed by atoms with Crippen LogP contribution >= 0.6 is 11.6 Å². The highest BCUT2D eigenvalue weighted by molar-refractivity contribution is 6.31. The lowest BCUT2D eigenvalue weighted by molar-refractivity contribution is -0.139. The van der Waals surface area contributed by atoms with Crippen LogP contribution in [-0.4, -0.2) is 35.1 Å². The van der Waals surface area contributed by atoms with Gasteiger partial charge in [0.05, 0.1) is 0 Å². The van der Waals surface area contributed by atoms with Crippen LogP contribution in [0.25, 0.3) is 0 Å². The van der Waals surface area contributed by atoms with Crippen molar-refractivity contribution in [3.63, 3.8) is 0 Å². The standard InChI is InChI=1S/C15H19ClN2O3/c16-12-8-4-3-7-11(12)13(14(19)20)17-15(21)18-9-5-1-2-6-10-18/h3-4,7-8,13H,1-2,5-6,9-10H2,(H,17,21)(H,19,20)/t13-/m1/s1. The van der Waals surface area contributed by atoms with Crippen molar-refractivity contribution in [2.45, 2.75) is 31.7 Å². The maximum atomic E-state index is 12.3. The summed E-state index contributed by atoms with van der Waals surface area (Å²) in [4.78, 5) is 25.4. The van der Waals surface area contributed by atoms with E-state index in [0.717, 1.165) is 25.7 Å². The predicted octanol–water partition coefficient (Wildman–Crippen LogP) is 3.05. The lowest BCUT2D eigenvalue weighted by Crippen LogP contribution is -2.44. The van der Waals surface area contributed by atoms with Crippen LogP contribution < -0.4 is 5.32 Å². The third-order valence-electron chi connectivity index (χ3n) is 3.62. The molecule has 0 radical (unpaired) electrons. The number of amides is 2. The van der Waals surface area contributed by atoms with E-state index in [4.69, 9.17) is 11.6 Å². The molecule has 1 atom stereocenters. The van der Waals surface area contributed by atoms with Gasteiger partial charge in [0.2, 0.25) is 0 Å². The SMILES string of the molecule is O=C(O)[C@H](NC(=O)N1CCCCCC1)c1ccccc1Cl. The number of halogens is 1. The van der Waals surface area contributed by atoms with Crippen molar-refractivity contribution in [1.82, 2.24) is 10.2 Å². The van der Waals surface area contributed by atoms with Crippen molar-refractivity contribution in [3.8, 4) is 0 Å². The number of carboxylic acid groups (broad SMARTS) is 1. The Bertz CT molecular complexity index is 513. The first-order valence-corrected chi connectivity index (χ1v) is 7.50. The van der Waals surface area contributed by atoms with Crippen LogP contribution in [0.1, 0.15) is 37.3 Å². The highest BCUT2D eigenvalue weighted by atomic mass is 35.5. The van der Waals surface area contributed by atoms with Crippen molar-refractivity contribution in [2.24, 2.45) is 0 Å². The first-order valence-electron chi connectivity index (χ1n) is 7.12. The second kappa shape index (κ2) is 7.31. The van der Waals surface area contributed by atoms with Gasteiger partial charge >= 0.3 is 12.0 Å². The van der Waals surface area contributed by atoms with Gasteiger partial charge in [-0.3, -0.25) is 0 Å². The normalized spacial score (nSPS) is 16.9. The average Bonchev–Trinajstić information content (AvgIpc) is 2.74. The fourth-order valence-corrected chi connectivity index (χ4v) is 2.72. The Kier molecular flexibility index (Phi) is 5.44. The van der Waals surface area contributed by atoms with Crippen molar-refractivity contribution in [3.05, 3.63) is 34.9 Å². The van der Waals surface area contributed by atoms with Crippen LogP contribution in [0, 0.1) is 0 Å². The number of nitrogens with one attached hydrogen (secondary N) is 1. The van der Waals surface area contributed by atoms with Gasteiger partial charge in [0.15, 0.2) is 6.04 Å². The minimum absolute atomic E-state index is 0.334. The molecular weight excluding hydrogens is 292 g/mol. The molecule has 0 aliphatic carbocycles. The minimum atomic E-state index is -1.13. The summed E-state index contributed by atoms with van der Waals surface area (Å²) in [6.45, 7) is 1.33. The molecule has 0 spiro atoms. The van der Waals surface area contributed by atoms with Crippen LogP contribution in [0.15, 0.2) is 24.3 Å². The summed E-state index contributed by atoms with van der Waals surface area (Å²) in [5.74, 6) is -1.12. The molecule has 1 saturated heterocycles. The number of carbonyl (C=O) groups excluding carboxylic acids is 1. The number of likely N-dealkylation sites (tertiary alicyclic amines) is 1. The average molecular weight is 311 g/mol. The molecule has 5 nitrogen and oxygen atoms in total. The van der Waals surface area contributed by atoms with Crippen LogP contribution in [0.3, 0.4) is 0 Å². The van der Waals surface area contributed by atoms with E-state index in [1.54, 1.807) is 29.2 Å². The molecule has 1 aromatic rings. The maximum Gasteiger partial charge on any atom is 0.331 e. The second-order valence-electron chi connectivity index (χ2n) is 5.14. The zero-order chi connectivity index (χ0) is 15.2. The molecule has 0 aromatic heterocycles. The summed E-state index contributed by atoms with van der Waals surface area (Å²) in [7, 11) is 0. The van der Waals surface area contributed by atoms with Gasteiger partial charge in [0, 0.05) is 23.7 Å². The summed E-state index contributed by atoms with van der Waals surface area (Å²) < 4.78 is 0. The second-order valence-corrected chi connectivity index (χ2v) is 5.55. The van der Waals surface area contributed by atoms with Crippen molar-refractivity contribution in [2.75, 3.05) is 13.1 Å². The van der Waals surface area contributed by atoms with Crippen LogP contribution in [-0.2, 0) is 4.79 Å². The van der Waals surface area contributed by atoms with E-state index in [9.17, 15) is 14.7 Å². The Morgan fingerprint density at radius 3 is 2.33 bits per heavy atom. The zero-order valence-electron chi connectivity index (χ0n) is 11.7.